The van der Waals surface area contributed by atoms with Crippen molar-refractivity contribution in [3.05, 3.63) is 65.0 Å². The summed E-state index contributed by atoms with van der Waals surface area (Å²) in [6.45, 7) is 11.8. The number of ether oxygens (including phenoxy) is 2. The molecule has 0 N–H and O–H groups in total. The summed E-state index contributed by atoms with van der Waals surface area (Å²) in [6.07, 6.45) is -2.08. The van der Waals surface area contributed by atoms with Gasteiger partial charge in [-0.1, -0.05) is 18.2 Å². The molecule has 0 saturated carbocycles. The highest BCUT2D eigenvalue weighted by Gasteiger charge is 2.39. The van der Waals surface area contributed by atoms with Gasteiger partial charge in [0.05, 0.1) is 17.0 Å². The Kier molecular flexibility index (Phi) is 6.35. The smallest absolute Gasteiger partial charge is 0.427 e. The Morgan fingerprint density at radius 1 is 0.811 bits per heavy atom. The molecular formula is C28H28FN3O5. The monoisotopic (exact) mass is 505 g/mol. The SMILES string of the molecule is Cc1cccc2c1-c1nc(N(C(=O)OC(C)(C)C)C(=O)OC(C)(C)C)nc(-c3ccc(F)cc3)c1C2=O. The number of carbonyl (C=O) groups excluding carboxylic acids is 3. The van der Waals surface area contributed by atoms with Crippen molar-refractivity contribution in [1.82, 2.24) is 9.97 Å². The molecule has 0 bridgehead atoms. The van der Waals surface area contributed by atoms with E-state index in [4.69, 9.17) is 9.47 Å². The number of fused-ring (bicyclic) bond motifs is 3. The predicted octanol–water partition coefficient (Wildman–Crippen LogP) is 6.48. The minimum Gasteiger partial charge on any atom is -0.443 e. The molecule has 0 fully saturated rings. The maximum atomic E-state index is 13.7. The topological polar surface area (TPSA) is 98.7 Å². The molecule has 37 heavy (non-hydrogen) atoms. The van der Waals surface area contributed by atoms with Crippen LogP contribution in [0.25, 0.3) is 22.5 Å². The highest BCUT2D eigenvalue weighted by Crippen LogP contribution is 2.42. The second-order valence-corrected chi connectivity index (χ2v) is 10.7. The van der Waals surface area contributed by atoms with E-state index in [2.05, 4.69) is 9.97 Å². The van der Waals surface area contributed by atoms with Crippen LogP contribution < -0.4 is 4.90 Å². The Balaban J connectivity index is 2.00. The normalized spacial score (nSPS) is 12.6. The molecule has 3 aromatic rings. The van der Waals surface area contributed by atoms with E-state index in [0.717, 1.165) is 5.56 Å². The van der Waals surface area contributed by atoms with Crippen molar-refractivity contribution in [2.45, 2.75) is 59.7 Å². The van der Waals surface area contributed by atoms with Crippen LogP contribution in [0.4, 0.5) is 19.9 Å². The van der Waals surface area contributed by atoms with E-state index in [1.165, 1.54) is 24.3 Å². The molecule has 2 aromatic carbocycles. The third-order valence-electron chi connectivity index (χ3n) is 5.35. The summed E-state index contributed by atoms with van der Waals surface area (Å²) in [5, 5.41) is 0. The van der Waals surface area contributed by atoms with Gasteiger partial charge in [0.1, 0.15) is 17.0 Å². The number of carbonyl (C=O) groups is 3. The molecule has 0 spiro atoms. The van der Waals surface area contributed by atoms with Gasteiger partial charge in [0.2, 0.25) is 5.95 Å². The van der Waals surface area contributed by atoms with Gasteiger partial charge in [-0.2, -0.15) is 0 Å². The van der Waals surface area contributed by atoms with Crippen molar-refractivity contribution >= 4 is 23.9 Å². The molecule has 4 rings (SSSR count). The third-order valence-corrected chi connectivity index (χ3v) is 5.35. The molecule has 0 radical (unpaired) electrons. The van der Waals surface area contributed by atoms with Gasteiger partial charge in [-0.25, -0.2) is 23.9 Å². The van der Waals surface area contributed by atoms with Gasteiger partial charge in [-0.15, -0.1) is 4.90 Å². The fourth-order valence-corrected chi connectivity index (χ4v) is 3.92. The molecule has 1 heterocycles. The van der Waals surface area contributed by atoms with E-state index in [1.54, 1.807) is 53.7 Å². The Hall–Kier alpha value is -4.14. The lowest BCUT2D eigenvalue weighted by atomic mass is 10.0. The van der Waals surface area contributed by atoms with Gasteiger partial charge in [0.15, 0.2) is 5.78 Å². The van der Waals surface area contributed by atoms with Gasteiger partial charge >= 0.3 is 12.2 Å². The molecule has 0 atom stereocenters. The van der Waals surface area contributed by atoms with Crippen molar-refractivity contribution in [2.75, 3.05) is 4.90 Å². The first-order valence-electron chi connectivity index (χ1n) is 11.7. The van der Waals surface area contributed by atoms with E-state index in [1.807, 2.05) is 13.0 Å². The number of amides is 2. The van der Waals surface area contributed by atoms with E-state index in [0.29, 0.717) is 21.6 Å². The van der Waals surface area contributed by atoms with Crippen LogP contribution in [0.3, 0.4) is 0 Å². The average molecular weight is 506 g/mol. The lowest BCUT2D eigenvalue weighted by Gasteiger charge is -2.28. The zero-order valence-corrected chi connectivity index (χ0v) is 21.8. The number of rotatable bonds is 2. The number of aryl methyl sites for hydroxylation is 1. The highest BCUT2D eigenvalue weighted by atomic mass is 19.1. The fourth-order valence-electron chi connectivity index (χ4n) is 3.92. The third kappa shape index (κ3) is 5.21. The Bertz CT molecular complexity index is 1390. The van der Waals surface area contributed by atoms with E-state index in [-0.39, 0.29) is 28.7 Å². The lowest BCUT2D eigenvalue weighted by Crippen LogP contribution is -2.44. The summed E-state index contributed by atoms with van der Waals surface area (Å²) < 4.78 is 24.7. The molecule has 1 aliphatic rings. The number of imide groups is 1. The van der Waals surface area contributed by atoms with Crippen LogP contribution in [-0.2, 0) is 9.47 Å². The zero-order valence-electron chi connectivity index (χ0n) is 21.8. The number of hydrogen-bond acceptors (Lipinski definition) is 7. The van der Waals surface area contributed by atoms with Crippen LogP contribution in [0.2, 0.25) is 0 Å². The van der Waals surface area contributed by atoms with Gasteiger partial charge < -0.3 is 9.47 Å². The summed E-state index contributed by atoms with van der Waals surface area (Å²) >= 11 is 0. The molecule has 1 aliphatic carbocycles. The van der Waals surface area contributed by atoms with Gasteiger partial charge in [0.25, 0.3) is 0 Å². The summed E-state index contributed by atoms with van der Waals surface area (Å²) in [7, 11) is 0. The lowest BCUT2D eigenvalue weighted by molar-refractivity contribution is 0.0427. The molecule has 192 valence electrons. The standard InChI is InChI=1S/C28H28FN3O5/c1-15-9-8-10-18-19(15)22-20(23(18)33)21(16-11-13-17(29)14-12-16)30-24(31-22)32(25(34)36-27(2,3)4)26(35)37-28(5,6)7/h8-14H,1-7H3. The second-order valence-electron chi connectivity index (χ2n) is 10.7. The number of halogens is 1. The van der Waals surface area contributed by atoms with E-state index < -0.39 is 29.2 Å². The molecule has 9 heteroatoms. The first kappa shape index (κ1) is 25.9. The maximum Gasteiger partial charge on any atom is 0.427 e. The first-order chi connectivity index (χ1) is 17.2. The Labute approximate surface area is 214 Å². The van der Waals surface area contributed by atoms with Crippen molar-refractivity contribution in [1.29, 1.82) is 0 Å². The summed E-state index contributed by atoms with van der Waals surface area (Å²) in [4.78, 5) is 49.6. The number of hydrogen-bond donors (Lipinski definition) is 0. The Morgan fingerprint density at radius 3 is 1.89 bits per heavy atom. The number of aromatic nitrogens is 2. The van der Waals surface area contributed by atoms with Crippen LogP contribution in [0.15, 0.2) is 42.5 Å². The summed E-state index contributed by atoms with van der Waals surface area (Å²) in [5.41, 5.74) is 0.924. The number of nitrogens with zero attached hydrogens (tertiary/aromatic N) is 3. The molecule has 2 amide bonds. The van der Waals surface area contributed by atoms with Crippen molar-refractivity contribution in [3.63, 3.8) is 0 Å². The quantitative estimate of drug-likeness (QED) is 0.307. The van der Waals surface area contributed by atoms with Crippen LogP contribution in [-0.4, -0.2) is 39.1 Å². The largest absolute Gasteiger partial charge is 0.443 e. The summed E-state index contributed by atoms with van der Waals surface area (Å²) in [6, 6.07) is 10.7. The van der Waals surface area contributed by atoms with E-state index in [9.17, 15) is 18.8 Å². The van der Waals surface area contributed by atoms with Gasteiger partial charge in [0, 0.05) is 16.7 Å². The molecule has 0 unspecified atom stereocenters. The first-order valence-corrected chi connectivity index (χ1v) is 11.7. The maximum absolute atomic E-state index is 13.7. The zero-order chi connectivity index (χ0) is 27.3. The average Bonchev–Trinajstić information content (AvgIpc) is 3.05. The minimum atomic E-state index is -1.04. The molecule has 8 nitrogen and oxygen atoms in total. The van der Waals surface area contributed by atoms with Crippen LogP contribution in [0.1, 0.15) is 63.0 Å². The van der Waals surface area contributed by atoms with Gasteiger partial charge in [-0.05, 0) is 78.3 Å². The fraction of sp³-hybridized carbons (Fsp3) is 0.321. The van der Waals surface area contributed by atoms with Crippen molar-refractivity contribution < 1.29 is 28.2 Å². The minimum absolute atomic E-state index is 0.151. The predicted molar refractivity (Wildman–Crippen MR) is 136 cm³/mol. The van der Waals surface area contributed by atoms with Gasteiger partial charge in [-0.3, -0.25) is 4.79 Å². The Morgan fingerprint density at radius 2 is 1.35 bits per heavy atom. The number of anilines is 1. The highest BCUT2D eigenvalue weighted by molar-refractivity contribution is 6.24. The molecule has 0 saturated heterocycles. The van der Waals surface area contributed by atoms with E-state index >= 15 is 0 Å². The van der Waals surface area contributed by atoms with Crippen molar-refractivity contribution in [3.8, 4) is 22.5 Å². The molecular weight excluding hydrogens is 477 g/mol. The number of benzene rings is 2. The number of ketones is 1. The molecule has 0 aliphatic heterocycles. The van der Waals surface area contributed by atoms with Crippen molar-refractivity contribution in [2.24, 2.45) is 0 Å². The summed E-state index contributed by atoms with van der Waals surface area (Å²) in [5.74, 6) is -1.10. The van der Waals surface area contributed by atoms with Crippen LogP contribution >= 0.6 is 0 Å². The van der Waals surface area contributed by atoms with Crippen LogP contribution in [0, 0.1) is 12.7 Å². The van der Waals surface area contributed by atoms with Crippen LogP contribution in [0.5, 0.6) is 0 Å². The molecule has 1 aromatic heterocycles. The second kappa shape index (κ2) is 9.06.